The van der Waals surface area contributed by atoms with Crippen LogP contribution in [0.1, 0.15) is 59.7 Å². The first-order valence-corrected chi connectivity index (χ1v) is 8.46. The molecule has 0 spiro atoms. The van der Waals surface area contributed by atoms with Crippen LogP contribution >= 0.6 is 0 Å². The second-order valence-electron chi connectivity index (χ2n) is 5.91. The van der Waals surface area contributed by atoms with Crippen LogP contribution in [0.15, 0.2) is 59.7 Å². The quantitative estimate of drug-likeness (QED) is 0.568. The second-order valence-corrected chi connectivity index (χ2v) is 5.91. The van der Waals surface area contributed by atoms with Crippen molar-refractivity contribution in [3.8, 4) is 0 Å². The van der Waals surface area contributed by atoms with Crippen LogP contribution in [0.5, 0.6) is 0 Å². The van der Waals surface area contributed by atoms with E-state index in [2.05, 4.69) is 12.2 Å². The highest BCUT2D eigenvalue weighted by molar-refractivity contribution is 6.26. The van der Waals surface area contributed by atoms with E-state index < -0.39 is 0 Å². The maximum atomic E-state index is 12.6. The van der Waals surface area contributed by atoms with Gasteiger partial charge in [0.05, 0.1) is 6.61 Å². The zero-order valence-corrected chi connectivity index (χ0v) is 14.1. The summed E-state index contributed by atoms with van der Waals surface area (Å²) in [6.45, 7) is 1.84. The SMILES string of the molecule is CC1=C(CCCC/C=C/C/C=C/CO)C(=O)c2ccccc2C1=O. The summed E-state index contributed by atoms with van der Waals surface area (Å²) < 4.78 is 0. The predicted molar refractivity (Wildman–Crippen MR) is 96.3 cm³/mol. The largest absolute Gasteiger partial charge is 0.392 e. The molecule has 0 aromatic heterocycles. The summed E-state index contributed by atoms with van der Waals surface area (Å²) in [5.41, 5.74) is 2.35. The van der Waals surface area contributed by atoms with E-state index in [1.807, 2.05) is 6.08 Å². The van der Waals surface area contributed by atoms with Gasteiger partial charge >= 0.3 is 0 Å². The molecule has 3 heteroatoms. The van der Waals surface area contributed by atoms with Crippen LogP contribution in [0.4, 0.5) is 0 Å². The second kappa shape index (κ2) is 9.14. The molecule has 1 aromatic rings. The normalized spacial score (nSPS) is 14.9. The average molecular weight is 324 g/mol. The fourth-order valence-corrected chi connectivity index (χ4v) is 2.88. The molecule has 24 heavy (non-hydrogen) atoms. The topological polar surface area (TPSA) is 54.4 Å². The standard InChI is InChI=1S/C21H24O3/c1-16-17(12-8-6-4-2-3-5-7-11-15-22)21(24)19-14-10-9-13-18(19)20(16)23/h2-3,7,9-11,13-14,22H,4-6,8,12,15H2,1H3/b3-2+,11-7+. The lowest BCUT2D eigenvalue weighted by Crippen LogP contribution is -2.20. The van der Waals surface area contributed by atoms with Crippen LogP contribution in [0.25, 0.3) is 0 Å². The zero-order valence-electron chi connectivity index (χ0n) is 14.1. The Hall–Kier alpha value is -2.26. The number of hydrogen-bond acceptors (Lipinski definition) is 3. The number of Topliss-reactive ketones (excluding diaryl/α,β-unsaturated/α-hetero) is 2. The molecule has 0 saturated heterocycles. The Balaban J connectivity index is 1.87. The van der Waals surface area contributed by atoms with Gasteiger partial charge in [0.1, 0.15) is 0 Å². The van der Waals surface area contributed by atoms with Crippen LogP contribution in [-0.4, -0.2) is 23.3 Å². The van der Waals surface area contributed by atoms with Gasteiger partial charge in [-0.3, -0.25) is 9.59 Å². The lowest BCUT2D eigenvalue weighted by atomic mass is 9.83. The molecule has 0 unspecified atom stereocenters. The Morgan fingerprint density at radius 3 is 2.29 bits per heavy atom. The third kappa shape index (κ3) is 4.39. The van der Waals surface area contributed by atoms with Gasteiger partial charge < -0.3 is 5.11 Å². The van der Waals surface area contributed by atoms with Gasteiger partial charge in [0.15, 0.2) is 11.6 Å². The number of carbonyl (C=O) groups is 2. The smallest absolute Gasteiger partial charge is 0.190 e. The van der Waals surface area contributed by atoms with E-state index in [9.17, 15) is 9.59 Å². The van der Waals surface area contributed by atoms with E-state index in [0.717, 1.165) is 25.7 Å². The molecule has 2 rings (SSSR count). The van der Waals surface area contributed by atoms with Crippen molar-refractivity contribution < 1.29 is 14.7 Å². The Bertz CT molecular complexity index is 693. The molecule has 0 fully saturated rings. The molecule has 0 saturated carbocycles. The van der Waals surface area contributed by atoms with Gasteiger partial charge in [0, 0.05) is 22.3 Å². The minimum atomic E-state index is -0.0178. The summed E-state index contributed by atoms with van der Waals surface area (Å²) >= 11 is 0. The fourth-order valence-electron chi connectivity index (χ4n) is 2.88. The zero-order chi connectivity index (χ0) is 17.4. The van der Waals surface area contributed by atoms with Crippen molar-refractivity contribution in [2.45, 2.75) is 39.0 Å². The van der Waals surface area contributed by atoms with E-state index in [-0.39, 0.29) is 18.2 Å². The Morgan fingerprint density at radius 1 is 0.917 bits per heavy atom. The van der Waals surface area contributed by atoms with Crippen molar-refractivity contribution in [2.75, 3.05) is 6.61 Å². The average Bonchev–Trinajstić information content (AvgIpc) is 2.61. The molecule has 0 bridgehead atoms. The van der Waals surface area contributed by atoms with Gasteiger partial charge in [-0.25, -0.2) is 0 Å². The number of allylic oxidation sites excluding steroid dienone is 5. The van der Waals surface area contributed by atoms with Gasteiger partial charge in [-0.1, -0.05) is 48.6 Å². The molecule has 0 aliphatic heterocycles. The molecule has 1 aliphatic rings. The van der Waals surface area contributed by atoms with Crippen molar-refractivity contribution in [3.63, 3.8) is 0 Å². The van der Waals surface area contributed by atoms with Gasteiger partial charge in [-0.15, -0.1) is 0 Å². The van der Waals surface area contributed by atoms with Crippen molar-refractivity contribution >= 4 is 11.6 Å². The number of carbonyl (C=O) groups excluding carboxylic acids is 2. The first-order valence-electron chi connectivity index (χ1n) is 8.46. The Kier molecular flexibility index (Phi) is 6.89. The first kappa shape index (κ1) is 18.1. The summed E-state index contributed by atoms with van der Waals surface area (Å²) in [6, 6.07) is 7.07. The van der Waals surface area contributed by atoms with Crippen molar-refractivity contribution in [1.29, 1.82) is 0 Å². The van der Waals surface area contributed by atoms with E-state index in [4.69, 9.17) is 5.11 Å². The maximum Gasteiger partial charge on any atom is 0.190 e. The van der Waals surface area contributed by atoms with Crippen LogP contribution in [-0.2, 0) is 0 Å². The van der Waals surface area contributed by atoms with Crippen molar-refractivity contribution in [3.05, 3.63) is 70.8 Å². The highest BCUT2D eigenvalue weighted by Crippen LogP contribution is 2.28. The van der Waals surface area contributed by atoms with Crippen molar-refractivity contribution in [2.24, 2.45) is 0 Å². The number of benzene rings is 1. The van der Waals surface area contributed by atoms with Crippen LogP contribution in [0.2, 0.25) is 0 Å². The third-order valence-electron chi connectivity index (χ3n) is 4.24. The van der Waals surface area contributed by atoms with Gasteiger partial charge in [-0.2, -0.15) is 0 Å². The van der Waals surface area contributed by atoms with E-state index in [0.29, 0.717) is 28.7 Å². The number of aliphatic hydroxyl groups excluding tert-OH is 1. The number of rotatable bonds is 8. The maximum absolute atomic E-state index is 12.6. The van der Waals surface area contributed by atoms with E-state index in [1.165, 1.54) is 0 Å². The number of hydrogen-bond donors (Lipinski definition) is 1. The molecule has 1 aromatic carbocycles. The molecule has 1 aliphatic carbocycles. The lowest BCUT2D eigenvalue weighted by Gasteiger charge is -2.18. The number of aliphatic hydroxyl groups is 1. The van der Waals surface area contributed by atoms with Crippen molar-refractivity contribution in [1.82, 2.24) is 0 Å². The molecule has 0 heterocycles. The number of unbranched alkanes of at least 4 members (excludes halogenated alkanes) is 2. The van der Waals surface area contributed by atoms with E-state index in [1.54, 1.807) is 37.3 Å². The first-order chi connectivity index (χ1) is 11.7. The summed E-state index contributed by atoms with van der Waals surface area (Å²) in [5.74, 6) is -0.0110. The molecule has 0 amide bonds. The van der Waals surface area contributed by atoms with Crippen LogP contribution in [0, 0.1) is 0 Å². The minimum absolute atomic E-state index is 0.00684. The molecule has 1 N–H and O–H groups in total. The summed E-state index contributed by atoms with van der Waals surface area (Å²) in [6.07, 6.45) is 12.2. The number of fused-ring (bicyclic) bond motifs is 1. The molecular formula is C21H24O3. The third-order valence-corrected chi connectivity index (χ3v) is 4.24. The van der Waals surface area contributed by atoms with E-state index >= 15 is 0 Å². The number of ketones is 2. The predicted octanol–water partition coefficient (Wildman–Crippen LogP) is 4.44. The monoisotopic (exact) mass is 324 g/mol. The fraction of sp³-hybridized carbons (Fsp3) is 0.333. The Morgan fingerprint density at radius 2 is 1.58 bits per heavy atom. The molecule has 3 nitrogen and oxygen atoms in total. The highest BCUT2D eigenvalue weighted by Gasteiger charge is 2.28. The molecule has 126 valence electrons. The minimum Gasteiger partial charge on any atom is -0.392 e. The van der Waals surface area contributed by atoms with Crippen LogP contribution < -0.4 is 0 Å². The Labute approximate surface area is 143 Å². The molecule has 0 radical (unpaired) electrons. The summed E-state index contributed by atoms with van der Waals surface area (Å²) in [7, 11) is 0. The van der Waals surface area contributed by atoms with Gasteiger partial charge in [-0.05, 0) is 39.0 Å². The summed E-state index contributed by atoms with van der Waals surface area (Å²) in [5, 5.41) is 8.62. The lowest BCUT2D eigenvalue weighted by molar-refractivity contribution is 0.0971. The molecule has 0 atom stereocenters. The molecular weight excluding hydrogens is 300 g/mol. The highest BCUT2D eigenvalue weighted by atomic mass is 16.2. The van der Waals surface area contributed by atoms with Crippen LogP contribution in [0.3, 0.4) is 0 Å². The summed E-state index contributed by atoms with van der Waals surface area (Å²) in [4.78, 5) is 25.0. The van der Waals surface area contributed by atoms with Gasteiger partial charge in [0.25, 0.3) is 0 Å². The van der Waals surface area contributed by atoms with Gasteiger partial charge in [0.2, 0.25) is 0 Å².